The normalized spacial score (nSPS) is 20.6. The highest BCUT2D eigenvalue weighted by Gasteiger charge is 2.27. The Morgan fingerprint density at radius 1 is 1.46 bits per heavy atom. The van der Waals surface area contributed by atoms with Gasteiger partial charge in [0.25, 0.3) is 0 Å². The summed E-state index contributed by atoms with van der Waals surface area (Å²) in [5, 5.41) is 25.6. The summed E-state index contributed by atoms with van der Waals surface area (Å²) in [4.78, 5) is 13.2. The summed E-state index contributed by atoms with van der Waals surface area (Å²) in [6.45, 7) is 8.90. The van der Waals surface area contributed by atoms with Crippen molar-refractivity contribution >= 4 is 22.6 Å². The van der Waals surface area contributed by atoms with Crippen LogP contribution < -0.4 is 10.6 Å². The third kappa shape index (κ3) is 4.90. The van der Waals surface area contributed by atoms with Gasteiger partial charge in [0.2, 0.25) is 5.91 Å². The number of allylic oxidation sites excluding steroid dienone is 2. The topological polar surface area (TPSA) is 81.6 Å². The highest BCUT2D eigenvalue weighted by Crippen LogP contribution is 2.34. The number of amides is 1. The molecule has 1 aliphatic rings. The van der Waals surface area contributed by atoms with Crippen LogP contribution in [-0.4, -0.2) is 41.1 Å². The number of nitrogens with one attached hydrogen (secondary N) is 2. The first-order valence-electron chi connectivity index (χ1n) is 8.81. The van der Waals surface area contributed by atoms with Crippen LogP contribution in [0.5, 0.6) is 5.75 Å². The smallest absolute Gasteiger partial charge is 0.237 e. The zero-order chi connectivity index (χ0) is 19.3. The standard InChI is InChI=1S/C20H28N2O3S/c1-5-12(2)13(3)19(26-4)14-6-7-15(18(24)8-14)10-22-20(25)17-9-16(23)11-21-17/h6-8,16-17,21,23-24H,2,5,9-11H2,1,3-4H3,(H,22,25). The Labute approximate surface area is 159 Å². The van der Waals surface area contributed by atoms with E-state index in [1.165, 1.54) is 0 Å². The summed E-state index contributed by atoms with van der Waals surface area (Å²) < 4.78 is 0. The summed E-state index contributed by atoms with van der Waals surface area (Å²) in [6, 6.07) is 5.15. The lowest BCUT2D eigenvalue weighted by Gasteiger charge is -2.15. The molecule has 1 saturated heterocycles. The number of thioether (sulfide) groups is 1. The number of carbonyl (C=O) groups is 1. The van der Waals surface area contributed by atoms with E-state index in [0.717, 1.165) is 28.0 Å². The van der Waals surface area contributed by atoms with Crippen molar-refractivity contribution in [1.29, 1.82) is 0 Å². The van der Waals surface area contributed by atoms with Gasteiger partial charge in [0.05, 0.1) is 12.1 Å². The molecule has 0 radical (unpaired) electrons. The predicted octanol–water partition coefficient (Wildman–Crippen LogP) is 2.79. The van der Waals surface area contributed by atoms with Crippen molar-refractivity contribution in [2.45, 2.75) is 45.4 Å². The van der Waals surface area contributed by atoms with E-state index < -0.39 is 6.10 Å². The van der Waals surface area contributed by atoms with E-state index in [4.69, 9.17) is 0 Å². The Balaban J connectivity index is 2.09. The summed E-state index contributed by atoms with van der Waals surface area (Å²) in [5.74, 6) is -0.00603. The molecule has 0 aromatic heterocycles. The lowest BCUT2D eigenvalue weighted by atomic mass is 10.0. The second-order valence-electron chi connectivity index (χ2n) is 6.53. The molecule has 1 heterocycles. The molecule has 6 heteroatoms. The Morgan fingerprint density at radius 3 is 2.73 bits per heavy atom. The molecular weight excluding hydrogens is 348 g/mol. The Kier molecular flexibility index (Phi) is 7.32. The fraction of sp³-hybridized carbons (Fsp3) is 0.450. The second kappa shape index (κ2) is 9.26. The first kappa shape index (κ1) is 20.6. The van der Waals surface area contributed by atoms with Crippen molar-refractivity contribution in [2.75, 3.05) is 12.8 Å². The number of aliphatic hydroxyl groups is 1. The van der Waals surface area contributed by atoms with Crippen LogP contribution in [0.25, 0.3) is 4.91 Å². The number of carbonyl (C=O) groups excluding carboxylic acids is 1. The average molecular weight is 377 g/mol. The molecule has 1 aliphatic heterocycles. The molecule has 2 atom stereocenters. The number of β-amino-alcohol motifs (C(OH)–C–C–N with tert-alkyl or cyclic N) is 1. The third-order valence-corrected chi connectivity index (χ3v) is 5.68. The van der Waals surface area contributed by atoms with Crippen molar-refractivity contribution in [2.24, 2.45) is 0 Å². The molecule has 1 amide bonds. The van der Waals surface area contributed by atoms with Crippen LogP contribution >= 0.6 is 11.8 Å². The van der Waals surface area contributed by atoms with Crippen molar-refractivity contribution in [3.05, 3.63) is 47.1 Å². The zero-order valence-corrected chi connectivity index (χ0v) is 16.4. The third-order valence-electron chi connectivity index (χ3n) is 4.73. The van der Waals surface area contributed by atoms with Crippen molar-refractivity contribution in [1.82, 2.24) is 10.6 Å². The van der Waals surface area contributed by atoms with E-state index >= 15 is 0 Å². The van der Waals surface area contributed by atoms with E-state index in [-0.39, 0.29) is 24.2 Å². The number of hydrogen-bond acceptors (Lipinski definition) is 5. The fourth-order valence-electron chi connectivity index (χ4n) is 2.99. The molecular formula is C20H28N2O3S. The number of phenols is 1. The molecule has 4 N–H and O–H groups in total. The van der Waals surface area contributed by atoms with Crippen LogP contribution in [0.4, 0.5) is 0 Å². The molecule has 0 aliphatic carbocycles. The predicted molar refractivity (Wildman–Crippen MR) is 108 cm³/mol. The minimum atomic E-state index is -0.476. The van der Waals surface area contributed by atoms with Crippen molar-refractivity contribution < 1.29 is 15.0 Å². The maximum absolute atomic E-state index is 12.1. The highest BCUT2D eigenvalue weighted by molar-refractivity contribution is 8.07. The number of aromatic hydroxyl groups is 1. The summed E-state index contributed by atoms with van der Waals surface area (Å²) in [7, 11) is 0. The van der Waals surface area contributed by atoms with E-state index in [0.29, 0.717) is 18.5 Å². The second-order valence-corrected chi connectivity index (χ2v) is 7.34. The van der Waals surface area contributed by atoms with Gasteiger partial charge >= 0.3 is 0 Å². The van der Waals surface area contributed by atoms with Crippen LogP contribution in [0.1, 0.15) is 37.8 Å². The van der Waals surface area contributed by atoms with Crippen LogP contribution in [-0.2, 0) is 11.3 Å². The monoisotopic (exact) mass is 376 g/mol. The van der Waals surface area contributed by atoms with Crippen LogP contribution in [0, 0.1) is 0 Å². The SMILES string of the molecule is C=C(CC)C(C)=C(SC)c1ccc(CNC(=O)C2CC(O)CN2)c(O)c1. The van der Waals surface area contributed by atoms with Gasteiger partial charge in [-0.2, -0.15) is 0 Å². The highest BCUT2D eigenvalue weighted by atomic mass is 32.2. The molecule has 142 valence electrons. The van der Waals surface area contributed by atoms with Gasteiger partial charge < -0.3 is 20.8 Å². The van der Waals surface area contributed by atoms with E-state index in [2.05, 4.69) is 24.1 Å². The van der Waals surface area contributed by atoms with Gasteiger partial charge in [-0.05, 0) is 43.2 Å². The van der Waals surface area contributed by atoms with Gasteiger partial charge in [-0.25, -0.2) is 0 Å². The Bertz CT molecular complexity index is 715. The summed E-state index contributed by atoms with van der Waals surface area (Å²) >= 11 is 1.63. The van der Waals surface area contributed by atoms with E-state index in [9.17, 15) is 15.0 Å². The van der Waals surface area contributed by atoms with E-state index in [1.807, 2.05) is 25.3 Å². The van der Waals surface area contributed by atoms with Crippen LogP contribution in [0.15, 0.2) is 35.9 Å². The molecule has 0 spiro atoms. The average Bonchev–Trinajstić information content (AvgIpc) is 3.07. The molecule has 2 rings (SSSR count). The molecule has 1 fully saturated rings. The van der Waals surface area contributed by atoms with Gasteiger partial charge in [-0.3, -0.25) is 4.79 Å². The molecule has 1 aromatic rings. The van der Waals surface area contributed by atoms with Gasteiger partial charge in [0.15, 0.2) is 0 Å². The van der Waals surface area contributed by atoms with Gasteiger partial charge in [0.1, 0.15) is 5.75 Å². The van der Waals surface area contributed by atoms with Gasteiger partial charge in [0, 0.05) is 23.6 Å². The first-order valence-corrected chi connectivity index (χ1v) is 10.0. The number of rotatable bonds is 7. The van der Waals surface area contributed by atoms with Gasteiger partial charge in [-0.1, -0.05) is 31.2 Å². The van der Waals surface area contributed by atoms with Crippen LogP contribution in [0.3, 0.4) is 0 Å². The van der Waals surface area contributed by atoms with E-state index in [1.54, 1.807) is 17.8 Å². The Morgan fingerprint density at radius 2 is 2.19 bits per heavy atom. The maximum Gasteiger partial charge on any atom is 0.237 e. The maximum atomic E-state index is 12.1. The van der Waals surface area contributed by atoms with Crippen LogP contribution in [0.2, 0.25) is 0 Å². The molecule has 26 heavy (non-hydrogen) atoms. The number of phenolic OH excluding ortho intramolecular Hbond substituents is 1. The Hall–Kier alpha value is -1.76. The van der Waals surface area contributed by atoms with Gasteiger partial charge in [-0.15, -0.1) is 11.8 Å². The zero-order valence-electron chi connectivity index (χ0n) is 15.6. The number of hydrogen-bond donors (Lipinski definition) is 4. The minimum Gasteiger partial charge on any atom is -0.508 e. The quantitative estimate of drug-likeness (QED) is 0.550. The molecule has 0 saturated carbocycles. The molecule has 0 bridgehead atoms. The minimum absolute atomic E-state index is 0.156. The van der Waals surface area contributed by atoms with Crippen molar-refractivity contribution in [3.8, 4) is 5.75 Å². The fourth-order valence-corrected chi connectivity index (χ4v) is 3.80. The number of benzene rings is 1. The molecule has 1 aromatic carbocycles. The number of aliphatic hydroxyl groups excluding tert-OH is 1. The molecule has 2 unspecified atom stereocenters. The summed E-state index contributed by atoms with van der Waals surface area (Å²) in [5.41, 5.74) is 3.81. The first-order chi connectivity index (χ1) is 12.4. The lowest BCUT2D eigenvalue weighted by Crippen LogP contribution is -2.40. The largest absolute Gasteiger partial charge is 0.508 e. The summed E-state index contributed by atoms with van der Waals surface area (Å²) in [6.07, 6.45) is 2.83. The van der Waals surface area contributed by atoms with Crippen molar-refractivity contribution in [3.63, 3.8) is 0 Å². The molecule has 5 nitrogen and oxygen atoms in total. The lowest BCUT2D eigenvalue weighted by molar-refractivity contribution is -0.123.